The summed E-state index contributed by atoms with van der Waals surface area (Å²) in [6.45, 7) is 3.82. The fraction of sp³-hybridized carbons (Fsp3) is 0.231. The summed E-state index contributed by atoms with van der Waals surface area (Å²) in [4.78, 5) is 17.2. The Morgan fingerprint density at radius 3 is 2.47 bits per heavy atom. The first kappa shape index (κ1) is 12.7. The fourth-order valence-electron chi connectivity index (χ4n) is 1.66. The number of aromatic nitrogens is 1. The number of ketones is 1. The first-order valence-corrected chi connectivity index (χ1v) is 7.17. The van der Waals surface area contributed by atoms with E-state index in [0.717, 1.165) is 21.1 Å². The van der Waals surface area contributed by atoms with E-state index in [-0.39, 0.29) is 5.78 Å². The summed E-state index contributed by atoms with van der Waals surface area (Å²) < 4.78 is 1.18. The molecule has 0 radical (unpaired) electrons. The highest BCUT2D eigenvalue weighted by Gasteiger charge is 2.14. The largest absolute Gasteiger partial charge is 0.293 e. The molecule has 1 heterocycles. The molecule has 0 saturated heterocycles. The van der Waals surface area contributed by atoms with Crippen LogP contribution in [0.4, 0.5) is 0 Å². The predicted molar refractivity (Wildman–Crippen MR) is 78.8 cm³/mol. The Hall–Kier alpha value is -0.750. The number of hydrogen-bond donors (Lipinski definition) is 0. The summed E-state index contributed by atoms with van der Waals surface area (Å²) in [5.74, 6) is 0.161. The maximum Gasteiger partial charge on any atom is 0.179 e. The van der Waals surface area contributed by atoms with Crippen LogP contribution in [0.2, 0.25) is 0 Å². The second kappa shape index (κ2) is 5.27. The first-order valence-electron chi connectivity index (χ1n) is 5.28. The van der Waals surface area contributed by atoms with Gasteiger partial charge in [0.25, 0.3) is 0 Å². The van der Waals surface area contributed by atoms with Crippen LogP contribution < -0.4 is 0 Å². The third kappa shape index (κ3) is 3.13. The van der Waals surface area contributed by atoms with Crippen molar-refractivity contribution in [3.05, 3.63) is 49.0 Å². The fourth-order valence-corrected chi connectivity index (χ4v) is 2.87. The van der Waals surface area contributed by atoms with E-state index in [9.17, 15) is 4.79 Å². The van der Waals surface area contributed by atoms with Crippen LogP contribution in [0.3, 0.4) is 0 Å². The maximum atomic E-state index is 12.1. The topological polar surface area (TPSA) is 30.0 Å². The number of rotatable bonds is 3. The molecule has 4 heteroatoms. The lowest BCUT2D eigenvalue weighted by Gasteiger charge is -2.00. The Kier molecular flexibility index (Phi) is 3.93. The Balaban J connectivity index is 2.17. The molecule has 1 aromatic heterocycles. The smallest absolute Gasteiger partial charge is 0.179 e. The zero-order valence-electron chi connectivity index (χ0n) is 9.66. The molecule has 0 aliphatic carbocycles. The van der Waals surface area contributed by atoms with Crippen molar-refractivity contribution in [3.63, 3.8) is 0 Å². The molecule has 2 nitrogen and oxygen atoms in total. The average Bonchev–Trinajstić information content (AvgIpc) is 2.61. The number of nitrogens with zero attached hydrogens (tertiary/aromatic N) is 1. The van der Waals surface area contributed by atoms with Gasteiger partial charge in [-0.25, -0.2) is 4.98 Å². The SMILES string of the molecule is Cc1nc(C)c(C(=O)Cc2ccc(I)cc2)s1. The van der Waals surface area contributed by atoms with Gasteiger partial charge in [0, 0.05) is 9.99 Å². The number of halogens is 1. The van der Waals surface area contributed by atoms with Gasteiger partial charge in [-0.3, -0.25) is 4.79 Å². The molecule has 0 N–H and O–H groups in total. The predicted octanol–water partition coefficient (Wildman–Crippen LogP) is 3.79. The van der Waals surface area contributed by atoms with Crippen molar-refractivity contribution >= 4 is 39.7 Å². The normalized spacial score (nSPS) is 10.5. The monoisotopic (exact) mass is 357 g/mol. The van der Waals surface area contributed by atoms with Crippen LogP contribution in [0.5, 0.6) is 0 Å². The van der Waals surface area contributed by atoms with E-state index in [1.807, 2.05) is 38.1 Å². The number of aryl methyl sites for hydroxylation is 2. The summed E-state index contributed by atoms with van der Waals surface area (Å²) in [6.07, 6.45) is 0.458. The summed E-state index contributed by atoms with van der Waals surface area (Å²) in [5.41, 5.74) is 1.91. The molecule has 88 valence electrons. The van der Waals surface area contributed by atoms with E-state index in [2.05, 4.69) is 27.6 Å². The molecule has 0 fully saturated rings. The number of carbonyl (C=O) groups is 1. The van der Waals surface area contributed by atoms with Crippen molar-refractivity contribution < 1.29 is 4.79 Å². The van der Waals surface area contributed by atoms with E-state index >= 15 is 0 Å². The summed E-state index contributed by atoms with van der Waals surface area (Å²) >= 11 is 3.74. The molecule has 0 aliphatic heterocycles. The lowest BCUT2D eigenvalue weighted by molar-refractivity contribution is 0.0996. The van der Waals surface area contributed by atoms with Crippen molar-refractivity contribution in [1.82, 2.24) is 4.98 Å². The quantitative estimate of drug-likeness (QED) is 0.618. The number of Topliss-reactive ketones (excluding diaryl/α,β-unsaturated/α-hetero) is 1. The van der Waals surface area contributed by atoms with Crippen LogP contribution in [0.25, 0.3) is 0 Å². The molecule has 0 amide bonds. The number of carbonyl (C=O) groups excluding carboxylic acids is 1. The second-order valence-corrected chi connectivity index (χ2v) is 6.32. The number of hydrogen-bond acceptors (Lipinski definition) is 3. The summed E-state index contributed by atoms with van der Waals surface area (Å²) in [5, 5.41) is 0.952. The zero-order valence-corrected chi connectivity index (χ0v) is 12.6. The van der Waals surface area contributed by atoms with Crippen molar-refractivity contribution in [3.8, 4) is 0 Å². The van der Waals surface area contributed by atoms with Gasteiger partial charge in [-0.2, -0.15) is 0 Å². The molecule has 0 atom stereocenters. The molecule has 0 saturated carbocycles. The molecular weight excluding hydrogens is 345 g/mol. The van der Waals surface area contributed by atoms with E-state index < -0.39 is 0 Å². The molecule has 2 rings (SSSR count). The molecule has 17 heavy (non-hydrogen) atoms. The third-order valence-corrected chi connectivity index (χ3v) is 4.27. The summed E-state index contributed by atoms with van der Waals surface area (Å²) in [7, 11) is 0. The lowest BCUT2D eigenvalue weighted by atomic mass is 10.1. The van der Waals surface area contributed by atoms with Gasteiger partial charge in [0.1, 0.15) is 0 Å². The molecule has 0 unspecified atom stereocenters. The van der Waals surface area contributed by atoms with Gasteiger partial charge in [-0.15, -0.1) is 11.3 Å². The Bertz CT molecular complexity index is 545. The second-order valence-electron chi connectivity index (χ2n) is 3.87. The highest BCUT2D eigenvalue weighted by molar-refractivity contribution is 14.1. The van der Waals surface area contributed by atoms with Crippen LogP contribution in [0, 0.1) is 17.4 Å². The van der Waals surface area contributed by atoms with Crippen LogP contribution in [0.1, 0.15) is 25.9 Å². The Morgan fingerprint density at radius 2 is 1.94 bits per heavy atom. The Labute approximate surface area is 118 Å². The first-order chi connectivity index (χ1) is 8.06. The van der Waals surface area contributed by atoms with Gasteiger partial charge in [0.2, 0.25) is 0 Å². The van der Waals surface area contributed by atoms with Crippen LogP contribution in [0.15, 0.2) is 24.3 Å². The van der Waals surface area contributed by atoms with Crippen LogP contribution in [-0.4, -0.2) is 10.8 Å². The van der Waals surface area contributed by atoms with Crippen LogP contribution >= 0.6 is 33.9 Å². The molecule has 0 spiro atoms. The molecule has 0 bridgehead atoms. The van der Waals surface area contributed by atoms with Gasteiger partial charge in [-0.05, 0) is 54.1 Å². The molecule has 2 aromatic rings. The van der Waals surface area contributed by atoms with Gasteiger partial charge in [-0.1, -0.05) is 12.1 Å². The van der Waals surface area contributed by atoms with E-state index in [1.54, 1.807) is 0 Å². The summed E-state index contributed by atoms with van der Waals surface area (Å²) in [6, 6.07) is 8.05. The minimum atomic E-state index is 0.161. The van der Waals surface area contributed by atoms with Crippen molar-refractivity contribution in [2.75, 3.05) is 0 Å². The zero-order chi connectivity index (χ0) is 12.4. The minimum absolute atomic E-state index is 0.161. The highest BCUT2D eigenvalue weighted by atomic mass is 127. The average molecular weight is 357 g/mol. The Morgan fingerprint density at radius 1 is 1.29 bits per heavy atom. The molecular formula is C13H12INOS. The highest BCUT2D eigenvalue weighted by Crippen LogP contribution is 2.19. The van der Waals surface area contributed by atoms with Gasteiger partial charge in [0.05, 0.1) is 15.6 Å². The van der Waals surface area contributed by atoms with Gasteiger partial charge < -0.3 is 0 Å². The molecule has 0 aliphatic rings. The van der Waals surface area contributed by atoms with E-state index in [4.69, 9.17) is 0 Å². The number of thiazole rings is 1. The van der Waals surface area contributed by atoms with E-state index in [0.29, 0.717) is 6.42 Å². The van der Waals surface area contributed by atoms with Crippen molar-refractivity contribution in [2.24, 2.45) is 0 Å². The standard InChI is InChI=1S/C13H12INOS/c1-8-13(17-9(2)15-8)12(16)7-10-3-5-11(14)6-4-10/h3-6H,7H2,1-2H3. The maximum absolute atomic E-state index is 12.1. The minimum Gasteiger partial charge on any atom is -0.293 e. The van der Waals surface area contributed by atoms with Crippen LogP contribution in [-0.2, 0) is 6.42 Å². The van der Waals surface area contributed by atoms with Crippen molar-refractivity contribution in [2.45, 2.75) is 20.3 Å². The van der Waals surface area contributed by atoms with Crippen molar-refractivity contribution in [1.29, 1.82) is 0 Å². The number of benzene rings is 1. The van der Waals surface area contributed by atoms with Gasteiger partial charge in [0.15, 0.2) is 5.78 Å². The lowest BCUT2D eigenvalue weighted by Crippen LogP contribution is -2.03. The molecule has 1 aromatic carbocycles. The van der Waals surface area contributed by atoms with Gasteiger partial charge >= 0.3 is 0 Å². The third-order valence-electron chi connectivity index (χ3n) is 2.43. The van der Waals surface area contributed by atoms with E-state index in [1.165, 1.54) is 14.9 Å².